The molecule has 0 atom stereocenters. The van der Waals surface area contributed by atoms with Gasteiger partial charge < -0.3 is 9.05 Å². The smallest absolute Gasteiger partial charge is 0.262 e. The van der Waals surface area contributed by atoms with E-state index < -0.39 is 5.69 Å². The van der Waals surface area contributed by atoms with E-state index in [1.54, 1.807) is 0 Å². The van der Waals surface area contributed by atoms with Gasteiger partial charge in [0, 0.05) is 17.6 Å². The average Bonchev–Trinajstić information content (AvgIpc) is 1.97. The van der Waals surface area contributed by atoms with Crippen molar-refractivity contribution in [1.82, 2.24) is 4.72 Å². The van der Waals surface area contributed by atoms with Crippen molar-refractivity contribution in [3.05, 3.63) is 0 Å². The van der Waals surface area contributed by atoms with Gasteiger partial charge in [0.15, 0.2) is 0 Å². The van der Waals surface area contributed by atoms with Crippen LogP contribution in [0.15, 0.2) is 0 Å². The zero-order valence-electron chi connectivity index (χ0n) is 10.3. The molecular formula is C9H22NO2PS2. The van der Waals surface area contributed by atoms with Gasteiger partial charge in [0.2, 0.25) is 0 Å². The van der Waals surface area contributed by atoms with Crippen LogP contribution in [0.1, 0.15) is 41.5 Å². The SMILES string of the molecule is CC(C)NSP(=S)(OC(C)C)OC(C)C. The molecule has 0 rings (SSSR count). The minimum atomic E-state index is -2.25. The first kappa shape index (κ1) is 15.9. The molecule has 92 valence electrons. The Morgan fingerprint density at radius 1 is 1.00 bits per heavy atom. The van der Waals surface area contributed by atoms with E-state index in [0.717, 1.165) is 0 Å². The molecule has 0 saturated carbocycles. The lowest BCUT2D eigenvalue weighted by molar-refractivity contribution is 0.186. The van der Waals surface area contributed by atoms with Gasteiger partial charge in [-0.05, 0) is 53.3 Å². The molecule has 0 aromatic carbocycles. The second-order valence-corrected chi connectivity index (χ2v) is 9.98. The molecule has 0 bridgehead atoms. The molecule has 0 saturated heterocycles. The third kappa shape index (κ3) is 8.66. The summed E-state index contributed by atoms with van der Waals surface area (Å²) in [5, 5.41) is 0. The van der Waals surface area contributed by atoms with Crippen molar-refractivity contribution in [2.24, 2.45) is 0 Å². The summed E-state index contributed by atoms with van der Waals surface area (Å²) in [7, 11) is 0. The average molecular weight is 271 g/mol. The van der Waals surface area contributed by atoms with E-state index in [0.29, 0.717) is 6.04 Å². The Hall–Kier alpha value is 0.880. The Labute approximate surface area is 103 Å². The first-order valence-corrected chi connectivity index (χ1v) is 9.22. The van der Waals surface area contributed by atoms with E-state index >= 15 is 0 Å². The molecule has 6 heteroatoms. The molecule has 3 nitrogen and oxygen atoms in total. The predicted octanol–water partition coefficient (Wildman–Crippen LogP) is 3.71. The molecule has 0 amide bonds. The monoisotopic (exact) mass is 271 g/mol. The third-order valence-corrected chi connectivity index (χ3v) is 5.93. The van der Waals surface area contributed by atoms with Crippen molar-refractivity contribution in [3.63, 3.8) is 0 Å². The molecule has 0 unspecified atom stereocenters. The van der Waals surface area contributed by atoms with E-state index in [2.05, 4.69) is 18.6 Å². The lowest BCUT2D eigenvalue weighted by Gasteiger charge is -2.26. The third-order valence-electron chi connectivity index (χ3n) is 1.08. The van der Waals surface area contributed by atoms with Crippen molar-refractivity contribution in [2.45, 2.75) is 59.8 Å². The Kier molecular flexibility index (Phi) is 7.68. The molecule has 1 N–H and O–H groups in total. The standard InChI is InChI=1S/C9H22NO2PS2/c1-7(2)10-15-13(14,11-8(3)4)12-9(5)6/h7-10H,1-6H3. The zero-order chi connectivity index (χ0) is 12.1. The summed E-state index contributed by atoms with van der Waals surface area (Å²) >= 11 is 6.86. The number of rotatable bonds is 7. The van der Waals surface area contributed by atoms with Gasteiger partial charge in [-0.2, -0.15) is 0 Å². The van der Waals surface area contributed by atoms with Crippen LogP contribution in [0.3, 0.4) is 0 Å². The summed E-state index contributed by atoms with van der Waals surface area (Å²) < 4.78 is 14.6. The van der Waals surface area contributed by atoms with Gasteiger partial charge in [0.05, 0.1) is 12.2 Å². The molecule has 0 aliphatic rings. The first-order chi connectivity index (χ1) is 6.75. The van der Waals surface area contributed by atoms with Gasteiger partial charge in [-0.1, -0.05) is 0 Å². The van der Waals surface area contributed by atoms with Gasteiger partial charge >= 0.3 is 0 Å². The molecule has 0 heterocycles. The fraction of sp³-hybridized carbons (Fsp3) is 1.00. The minimum absolute atomic E-state index is 0.0936. The van der Waals surface area contributed by atoms with Gasteiger partial charge in [-0.25, -0.2) is 0 Å². The van der Waals surface area contributed by atoms with Crippen LogP contribution in [-0.2, 0) is 20.9 Å². The Bertz CT molecular complexity index is 208. The Morgan fingerprint density at radius 3 is 1.67 bits per heavy atom. The van der Waals surface area contributed by atoms with E-state index in [-0.39, 0.29) is 12.2 Å². The Balaban J connectivity index is 4.34. The number of hydrogen-bond acceptors (Lipinski definition) is 5. The maximum Gasteiger partial charge on any atom is 0.262 e. The Morgan fingerprint density at radius 2 is 1.40 bits per heavy atom. The second kappa shape index (κ2) is 7.25. The summed E-state index contributed by atoms with van der Waals surface area (Å²) in [6.45, 7) is 12.0. The molecule has 0 aliphatic heterocycles. The van der Waals surface area contributed by atoms with E-state index in [9.17, 15) is 0 Å². The summed E-state index contributed by atoms with van der Waals surface area (Å²) in [5.41, 5.74) is -2.25. The van der Waals surface area contributed by atoms with Crippen molar-refractivity contribution < 1.29 is 9.05 Å². The predicted molar refractivity (Wildman–Crippen MR) is 72.6 cm³/mol. The van der Waals surface area contributed by atoms with Crippen molar-refractivity contribution in [2.75, 3.05) is 0 Å². The maximum absolute atomic E-state index is 5.70. The van der Waals surface area contributed by atoms with Crippen LogP contribution < -0.4 is 4.72 Å². The number of hydrogen-bond donors (Lipinski definition) is 1. The summed E-state index contributed by atoms with van der Waals surface area (Å²) in [5.74, 6) is 0. The highest BCUT2D eigenvalue weighted by Crippen LogP contribution is 2.61. The summed E-state index contributed by atoms with van der Waals surface area (Å²) in [6.07, 6.45) is 0.187. The highest BCUT2D eigenvalue weighted by Gasteiger charge is 2.23. The second-order valence-electron chi connectivity index (χ2n) is 4.12. The van der Waals surface area contributed by atoms with Crippen molar-refractivity contribution in [3.8, 4) is 0 Å². The highest BCUT2D eigenvalue weighted by atomic mass is 32.9. The highest BCUT2D eigenvalue weighted by molar-refractivity contribution is 8.67. The van der Waals surface area contributed by atoms with Gasteiger partial charge in [0.1, 0.15) is 0 Å². The van der Waals surface area contributed by atoms with E-state index in [1.807, 2.05) is 27.7 Å². The van der Waals surface area contributed by atoms with Crippen LogP contribution in [0, 0.1) is 0 Å². The number of nitrogens with one attached hydrogen (secondary N) is 1. The summed E-state index contributed by atoms with van der Waals surface area (Å²) in [6, 6.07) is 0.365. The largest absolute Gasteiger partial charge is 0.318 e. The minimum Gasteiger partial charge on any atom is -0.318 e. The molecular weight excluding hydrogens is 249 g/mol. The van der Waals surface area contributed by atoms with Crippen LogP contribution in [0.25, 0.3) is 0 Å². The van der Waals surface area contributed by atoms with Crippen LogP contribution in [0.5, 0.6) is 0 Å². The lowest BCUT2D eigenvalue weighted by atomic mass is 10.4. The van der Waals surface area contributed by atoms with Crippen LogP contribution >= 0.6 is 17.3 Å². The van der Waals surface area contributed by atoms with Crippen LogP contribution in [0.4, 0.5) is 0 Å². The van der Waals surface area contributed by atoms with Crippen molar-refractivity contribution >= 4 is 29.1 Å². The first-order valence-electron chi connectivity index (χ1n) is 5.16. The normalized spacial score (nSPS) is 13.1. The molecule has 0 radical (unpaired) electrons. The van der Waals surface area contributed by atoms with Gasteiger partial charge in [0.25, 0.3) is 5.69 Å². The zero-order valence-corrected chi connectivity index (χ0v) is 12.8. The molecule has 0 fully saturated rings. The lowest BCUT2D eigenvalue weighted by Crippen LogP contribution is -2.16. The molecule has 0 aromatic heterocycles. The van der Waals surface area contributed by atoms with Gasteiger partial charge in [-0.3, -0.25) is 4.72 Å². The fourth-order valence-electron chi connectivity index (χ4n) is 0.754. The molecule has 15 heavy (non-hydrogen) atoms. The topological polar surface area (TPSA) is 30.5 Å². The van der Waals surface area contributed by atoms with E-state index in [1.165, 1.54) is 11.6 Å². The van der Waals surface area contributed by atoms with Crippen LogP contribution in [0.2, 0.25) is 0 Å². The molecule has 0 spiro atoms. The van der Waals surface area contributed by atoms with Crippen LogP contribution in [-0.4, -0.2) is 18.2 Å². The maximum atomic E-state index is 5.70. The fourth-order valence-corrected chi connectivity index (χ4v) is 5.99. The molecule has 0 aliphatic carbocycles. The van der Waals surface area contributed by atoms with Crippen molar-refractivity contribution in [1.29, 1.82) is 0 Å². The quantitative estimate of drug-likeness (QED) is 0.563. The van der Waals surface area contributed by atoms with Gasteiger partial charge in [-0.15, -0.1) is 0 Å². The molecule has 0 aromatic rings. The summed E-state index contributed by atoms with van der Waals surface area (Å²) in [4.78, 5) is 0. The van der Waals surface area contributed by atoms with E-state index in [4.69, 9.17) is 20.9 Å².